The summed E-state index contributed by atoms with van der Waals surface area (Å²) in [5, 5.41) is 10.3. The van der Waals surface area contributed by atoms with Gasteiger partial charge in [0.1, 0.15) is 5.82 Å². The maximum Gasteiger partial charge on any atom is 0.310 e. The highest BCUT2D eigenvalue weighted by Crippen LogP contribution is 2.45. The monoisotopic (exact) mass is 544 g/mol. The third-order valence-corrected chi connectivity index (χ3v) is 10.8. The van der Waals surface area contributed by atoms with E-state index in [1.165, 1.54) is 24.4 Å². The van der Waals surface area contributed by atoms with Crippen molar-refractivity contribution in [3.63, 3.8) is 0 Å². The van der Waals surface area contributed by atoms with Crippen LogP contribution in [0.5, 0.6) is 0 Å². The molecule has 4 fully saturated rings. The van der Waals surface area contributed by atoms with E-state index < -0.39 is 11.4 Å². The van der Waals surface area contributed by atoms with Crippen LogP contribution in [0, 0.1) is 17.2 Å². The summed E-state index contributed by atoms with van der Waals surface area (Å²) in [4.78, 5) is 22.3. The number of aromatic nitrogens is 2. The van der Waals surface area contributed by atoms with Gasteiger partial charge in [0, 0.05) is 50.2 Å². The Labute approximate surface area is 236 Å². The largest absolute Gasteiger partial charge is 0.481 e. The highest BCUT2D eigenvalue weighted by Gasteiger charge is 2.47. The summed E-state index contributed by atoms with van der Waals surface area (Å²) in [5.41, 5.74) is 2.73. The van der Waals surface area contributed by atoms with E-state index >= 15 is 0 Å². The molecule has 1 N–H and O–H groups in total. The Balaban J connectivity index is 1.10. The Kier molecular flexibility index (Phi) is 6.91. The van der Waals surface area contributed by atoms with Crippen LogP contribution in [0.15, 0.2) is 54.9 Å². The summed E-state index contributed by atoms with van der Waals surface area (Å²) in [6.07, 6.45) is 11.5. The maximum absolute atomic E-state index is 14.4. The fraction of sp³-hybridized carbons (Fsp3) is 0.576. The summed E-state index contributed by atoms with van der Waals surface area (Å²) < 4.78 is 16.8. The van der Waals surface area contributed by atoms with Crippen molar-refractivity contribution in [1.82, 2.24) is 19.4 Å². The van der Waals surface area contributed by atoms with Gasteiger partial charge in [-0.3, -0.25) is 9.69 Å². The number of carboxylic acid groups (broad SMARTS) is 1. The Bertz CT molecular complexity index is 1350. The number of piperidine rings is 1. The van der Waals surface area contributed by atoms with Gasteiger partial charge in [-0.1, -0.05) is 43.5 Å². The van der Waals surface area contributed by atoms with Crippen LogP contribution < -0.4 is 0 Å². The molecule has 40 heavy (non-hydrogen) atoms. The number of imidazole rings is 1. The third-order valence-electron chi connectivity index (χ3n) is 10.8. The number of hydrogen-bond donors (Lipinski definition) is 1. The molecule has 4 aliphatic rings. The van der Waals surface area contributed by atoms with Crippen LogP contribution in [0.25, 0.3) is 11.0 Å². The molecule has 3 aromatic rings. The van der Waals surface area contributed by atoms with Crippen molar-refractivity contribution < 1.29 is 14.3 Å². The molecule has 0 amide bonds. The molecule has 6 nitrogen and oxygen atoms in total. The quantitative estimate of drug-likeness (QED) is 0.390. The molecule has 1 aliphatic carbocycles. The first-order valence-electron chi connectivity index (χ1n) is 15.4. The second-order valence-electron chi connectivity index (χ2n) is 13.1. The van der Waals surface area contributed by atoms with Crippen LogP contribution in [0.4, 0.5) is 4.39 Å². The topological polar surface area (TPSA) is 61.6 Å². The normalized spacial score (nSPS) is 30.7. The SMILES string of the molecule is O=C(O)C1(CN2CC(c3cccc(F)c3)[C@@H](CN3C4CCC3CC(n3cnc5ccccc53)C4)C2)CCCCC1. The Hall–Kier alpha value is -2.77. The Morgan fingerprint density at radius 1 is 0.975 bits per heavy atom. The highest BCUT2D eigenvalue weighted by molar-refractivity contribution is 5.75. The maximum atomic E-state index is 14.4. The van der Waals surface area contributed by atoms with Crippen LogP contribution in [0.3, 0.4) is 0 Å². The summed E-state index contributed by atoms with van der Waals surface area (Å²) in [6.45, 7) is 3.33. The zero-order chi connectivity index (χ0) is 27.3. The van der Waals surface area contributed by atoms with Gasteiger partial charge in [-0.05, 0) is 74.3 Å². The Morgan fingerprint density at radius 3 is 2.50 bits per heavy atom. The smallest absolute Gasteiger partial charge is 0.310 e. The summed E-state index contributed by atoms with van der Waals surface area (Å²) >= 11 is 0. The number of likely N-dealkylation sites (tertiary alicyclic amines) is 1. The van der Waals surface area contributed by atoms with Gasteiger partial charge < -0.3 is 14.6 Å². The Morgan fingerprint density at radius 2 is 1.75 bits per heavy atom. The lowest BCUT2D eigenvalue weighted by Crippen LogP contribution is -2.47. The van der Waals surface area contributed by atoms with Gasteiger partial charge >= 0.3 is 5.97 Å². The van der Waals surface area contributed by atoms with Crippen LogP contribution in [0.2, 0.25) is 0 Å². The van der Waals surface area contributed by atoms with Crippen molar-refractivity contribution in [3.05, 3.63) is 66.2 Å². The van der Waals surface area contributed by atoms with Crippen molar-refractivity contribution in [3.8, 4) is 0 Å². The van der Waals surface area contributed by atoms with E-state index in [2.05, 4.69) is 49.7 Å². The second-order valence-corrected chi connectivity index (χ2v) is 13.1. The first kappa shape index (κ1) is 26.1. The van der Waals surface area contributed by atoms with E-state index in [0.717, 1.165) is 75.7 Å². The van der Waals surface area contributed by atoms with Gasteiger partial charge in [0.05, 0.1) is 22.8 Å². The number of nitrogens with zero attached hydrogens (tertiary/aromatic N) is 4. The summed E-state index contributed by atoms with van der Waals surface area (Å²) in [6, 6.07) is 17.1. The van der Waals surface area contributed by atoms with Crippen LogP contribution in [-0.2, 0) is 4.79 Å². The number of rotatable bonds is 7. The molecule has 0 spiro atoms. The fourth-order valence-corrected chi connectivity index (χ4v) is 8.80. The van der Waals surface area contributed by atoms with E-state index in [9.17, 15) is 14.3 Å². The van der Waals surface area contributed by atoms with Gasteiger partial charge in [0.25, 0.3) is 0 Å². The summed E-state index contributed by atoms with van der Waals surface area (Å²) in [7, 11) is 0. The van der Waals surface area contributed by atoms with Gasteiger partial charge in [0.15, 0.2) is 0 Å². The number of carbonyl (C=O) groups is 1. The minimum Gasteiger partial charge on any atom is -0.481 e. The minimum absolute atomic E-state index is 0.183. The van der Waals surface area contributed by atoms with Gasteiger partial charge in [0.2, 0.25) is 0 Å². The molecule has 2 bridgehead atoms. The number of carboxylic acids is 1. The number of aliphatic carboxylic acids is 1. The molecule has 2 aromatic carbocycles. The minimum atomic E-state index is -0.634. The number of para-hydroxylation sites is 2. The number of halogens is 1. The highest BCUT2D eigenvalue weighted by atomic mass is 19.1. The molecule has 3 unspecified atom stereocenters. The number of hydrogen-bond acceptors (Lipinski definition) is 4. The summed E-state index contributed by atoms with van der Waals surface area (Å²) in [5.74, 6) is -0.229. The van der Waals surface area contributed by atoms with Crippen LogP contribution >= 0.6 is 0 Å². The van der Waals surface area contributed by atoms with E-state index in [-0.39, 0.29) is 11.7 Å². The molecule has 0 radical (unpaired) electrons. The first-order chi connectivity index (χ1) is 19.5. The second kappa shape index (κ2) is 10.6. The van der Waals surface area contributed by atoms with Crippen molar-refractivity contribution in [2.24, 2.45) is 11.3 Å². The molecule has 1 saturated carbocycles. The number of fused-ring (bicyclic) bond motifs is 3. The van der Waals surface area contributed by atoms with Crippen LogP contribution in [0.1, 0.15) is 75.3 Å². The molecule has 4 atom stereocenters. The van der Waals surface area contributed by atoms with Crippen molar-refractivity contribution >= 4 is 17.0 Å². The van der Waals surface area contributed by atoms with Gasteiger partial charge in [-0.15, -0.1) is 0 Å². The number of benzene rings is 2. The molecule has 212 valence electrons. The molecule has 4 heterocycles. The van der Waals surface area contributed by atoms with E-state index in [1.807, 2.05) is 12.4 Å². The lowest BCUT2D eigenvalue weighted by atomic mass is 9.73. The van der Waals surface area contributed by atoms with Gasteiger partial charge in [-0.2, -0.15) is 0 Å². The average Bonchev–Trinajstić information content (AvgIpc) is 3.63. The molecule has 3 aliphatic heterocycles. The van der Waals surface area contributed by atoms with Crippen molar-refractivity contribution in [2.75, 3.05) is 26.2 Å². The molecule has 7 rings (SSSR count). The standard InChI is InChI=1S/C33H41FN4O2/c34-25-8-6-7-23(15-25)29-20-36(21-33(32(39)40)13-4-1-5-14-33)18-24(29)19-37-26-11-12-27(37)17-28(16-26)38-22-35-30-9-2-3-10-31(30)38/h2-3,6-10,15,22,24,26-29H,1,4-5,11-14,16-21H2,(H,39,40)/t24-,26?,27?,28?,29?/m1/s1. The average molecular weight is 545 g/mol. The molecule has 1 aromatic heterocycles. The molecular formula is C33H41FN4O2. The zero-order valence-corrected chi connectivity index (χ0v) is 23.3. The van der Waals surface area contributed by atoms with Gasteiger partial charge in [-0.25, -0.2) is 9.37 Å². The zero-order valence-electron chi connectivity index (χ0n) is 23.3. The fourth-order valence-electron chi connectivity index (χ4n) is 8.80. The third kappa shape index (κ3) is 4.75. The molecular weight excluding hydrogens is 503 g/mol. The van der Waals surface area contributed by atoms with Crippen LogP contribution in [-0.4, -0.2) is 68.7 Å². The predicted octanol–water partition coefficient (Wildman–Crippen LogP) is 6.09. The first-order valence-corrected chi connectivity index (χ1v) is 15.4. The van der Waals surface area contributed by atoms with E-state index in [1.54, 1.807) is 6.07 Å². The molecule has 3 saturated heterocycles. The molecule has 7 heteroatoms. The lowest BCUT2D eigenvalue weighted by molar-refractivity contribution is -0.152. The van der Waals surface area contributed by atoms with E-state index in [0.29, 0.717) is 30.6 Å². The van der Waals surface area contributed by atoms with Crippen molar-refractivity contribution in [2.45, 2.75) is 81.8 Å². The van der Waals surface area contributed by atoms with E-state index in [4.69, 9.17) is 0 Å². The predicted molar refractivity (Wildman–Crippen MR) is 154 cm³/mol. The van der Waals surface area contributed by atoms with Crippen molar-refractivity contribution in [1.29, 1.82) is 0 Å². The lowest BCUT2D eigenvalue weighted by Gasteiger charge is -2.41.